The number of hydrogen-bond acceptors (Lipinski definition) is 1. The Hall–Kier alpha value is -1.60. The highest BCUT2D eigenvalue weighted by molar-refractivity contribution is 4.99. The Balaban J connectivity index is -0.000000145. The minimum atomic E-state index is -0.154. The third kappa shape index (κ3) is 169. The molecule has 0 saturated carbocycles. The van der Waals surface area contributed by atoms with Crippen molar-refractivity contribution in [1.29, 1.82) is 0 Å². The summed E-state index contributed by atoms with van der Waals surface area (Å²) in [5, 5.41) is 0. The van der Waals surface area contributed by atoms with Crippen molar-refractivity contribution in [3.8, 4) is 0 Å². The van der Waals surface area contributed by atoms with E-state index in [1.54, 1.807) is 0 Å². The normalized spacial score (nSPS) is 14.1. The smallest absolute Gasteiger partial charge is 0.0806 e. The molecule has 0 amide bonds. The number of allylic oxidation sites excluding steroid dienone is 11. The van der Waals surface area contributed by atoms with Gasteiger partial charge in [0.05, 0.1) is 12.2 Å². The molecule has 0 rings (SSSR count). The molecule has 1 heteroatoms. The molecule has 0 aromatic heterocycles. The molecule has 0 unspecified atom stereocenters. The molecule has 0 bridgehead atoms. The van der Waals surface area contributed by atoms with Gasteiger partial charge in [0, 0.05) is 0 Å². The highest BCUT2D eigenvalue weighted by Gasteiger charge is 2.22. The zero-order valence-corrected chi connectivity index (χ0v) is 86.3. The van der Waals surface area contributed by atoms with Gasteiger partial charge in [0.1, 0.15) is 0 Å². The van der Waals surface area contributed by atoms with Crippen LogP contribution in [0, 0.1) is 97.5 Å². The van der Waals surface area contributed by atoms with Crippen LogP contribution in [0.4, 0.5) is 0 Å². The highest BCUT2D eigenvalue weighted by atomic mass is 16.5. The standard InChI is InChI=1S/C15H30O.C12H26.3C12H24.C11H24.2C11H22.C10H22/c1-13(2,3)10-9-11-15(7,8)16-12-14(4,5)6;4*1-11(2,3)9-7-8-10-12(4,5)6;3*1-10(2,3)8-7-9-11(4,5)6;1-9(2,3)7-8-10(4,5)6/h9,11H,10,12H2,1-8H3;7-10H2,1-6H3;2*7,9H,8,10H2,1-6H3;7-8H,9-10H2,1-6H3;7-9H2,1-6H3;2*7-8H,9H2,1-6H3;7-8H2,1-6H3/b11-9+;;2*9-7+;8-7+;;2*8-7+;. The minimum absolute atomic E-state index is 0.154. The van der Waals surface area contributed by atoms with E-state index in [9.17, 15) is 0 Å². The predicted octanol–water partition coefficient (Wildman–Crippen LogP) is 38.9. The van der Waals surface area contributed by atoms with Crippen molar-refractivity contribution in [3.63, 3.8) is 0 Å². The third-order valence-corrected chi connectivity index (χ3v) is 15.4. The van der Waals surface area contributed by atoms with E-state index in [0.29, 0.717) is 92.1 Å². The van der Waals surface area contributed by atoms with Crippen molar-refractivity contribution in [1.82, 2.24) is 0 Å². The van der Waals surface area contributed by atoms with Crippen LogP contribution in [-0.4, -0.2) is 12.2 Å². The minimum Gasteiger partial charge on any atom is -0.371 e. The molecule has 648 valence electrons. The maximum Gasteiger partial charge on any atom is 0.0806 e. The first-order valence-electron chi connectivity index (χ1n) is 43.7. The van der Waals surface area contributed by atoms with Crippen LogP contribution in [0.1, 0.15) is 503 Å². The summed E-state index contributed by atoms with van der Waals surface area (Å²) < 4.78 is 5.92. The van der Waals surface area contributed by atoms with Gasteiger partial charge < -0.3 is 4.74 Å². The van der Waals surface area contributed by atoms with E-state index >= 15 is 0 Å². The van der Waals surface area contributed by atoms with Gasteiger partial charge in [-0.25, -0.2) is 0 Å². The maximum atomic E-state index is 5.92. The summed E-state index contributed by atoms with van der Waals surface area (Å²) in [7, 11) is 0. The van der Waals surface area contributed by atoms with Gasteiger partial charge in [-0.3, -0.25) is 0 Å². The SMILES string of the molecule is CC(C)(C)/C=C/CC(C)(C)C.CC(C)(C)/C=C/CC(C)(C)C.CC(C)(C)/C=C/CCC(C)(C)C.CC(C)(C)/C=C/CCC(C)(C)C.CC(C)(C)C/C=C/C(C)(C)OCC(C)(C)C.CC(C)(C)C/C=C/CC(C)(C)C.CC(C)(C)CCC(C)(C)C.CC(C)(C)CCCC(C)(C)C.CC(C)(C)CCCCC(C)(C)C. The van der Waals surface area contributed by atoms with Crippen LogP contribution >= 0.6 is 0 Å². The molecule has 107 heavy (non-hydrogen) atoms. The van der Waals surface area contributed by atoms with Gasteiger partial charge in [-0.2, -0.15) is 0 Å². The summed E-state index contributed by atoms with van der Waals surface area (Å²) >= 11 is 0. The van der Waals surface area contributed by atoms with Gasteiger partial charge in [-0.15, -0.1) is 0 Å². The number of hydrogen-bond donors (Lipinski definition) is 0. The third-order valence-electron chi connectivity index (χ3n) is 15.4. The zero-order chi connectivity index (χ0) is 88.1. The summed E-state index contributed by atoms with van der Waals surface area (Å²) in [5.41, 5.74) is 7.60. The Morgan fingerprint density at radius 2 is 0.336 bits per heavy atom. The molecule has 0 atom stereocenters. The Bertz CT molecular complexity index is 2090. The quantitative estimate of drug-likeness (QED) is 0.0982. The molecule has 0 aromatic rings. The Morgan fingerprint density at radius 3 is 0.514 bits per heavy atom. The molecule has 0 N–H and O–H groups in total. The second-order valence-electron chi connectivity index (χ2n) is 54.3. The van der Waals surface area contributed by atoms with Crippen molar-refractivity contribution < 1.29 is 4.74 Å². The monoisotopic (exact) mass is 1510 g/mol. The first-order valence-corrected chi connectivity index (χ1v) is 43.7. The fraction of sp³-hybridized carbons (Fsp3) is 0.887. The van der Waals surface area contributed by atoms with E-state index in [2.05, 4.69) is 461 Å². The van der Waals surface area contributed by atoms with Gasteiger partial charge in [-0.05, 0) is 208 Å². The Morgan fingerprint density at radius 1 is 0.159 bits per heavy atom. The van der Waals surface area contributed by atoms with E-state index in [0.717, 1.165) is 13.0 Å². The molecule has 0 fully saturated rings. The van der Waals surface area contributed by atoms with Gasteiger partial charge in [0.2, 0.25) is 0 Å². The summed E-state index contributed by atoms with van der Waals surface area (Å²) in [6.07, 6.45) is 50.5. The van der Waals surface area contributed by atoms with Crippen LogP contribution in [0.5, 0.6) is 0 Å². The van der Waals surface area contributed by atoms with E-state index in [1.165, 1.54) is 109 Å². The lowest BCUT2D eigenvalue weighted by Gasteiger charge is -2.27. The van der Waals surface area contributed by atoms with E-state index in [-0.39, 0.29) is 11.0 Å². The molecular weight excluding hydrogens is 1290 g/mol. The van der Waals surface area contributed by atoms with E-state index in [4.69, 9.17) is 4.74 Å². The lowest BCUT2D eigenvalue weighted by molar-refractivity contribution is -0.0198. The second-order valence-corrected chi connectivity index (χ2v) is 54.3. The van der Waals surface area contributed by atoms with Crippen molar-refractivity contribution in [2.24, 2.45) is 97.5 Å². The fourth-order valence-corrected chi connectivity index (χ4v) is 8.67. The fourth-order valence-electron chi connectivity index (χ4n) is 8.67. The topological polar surface area (TPSA) is 9.23 Å². The Labute approximate surface area is 686 Å². The maximum absolute atomic E-state index is 5.92. The molecule has 0 saturated heterocycles. The van der Waals surface area contributed by atoms with Gasteiger partial charge in [0.15, 0.2) is 0 Å². The molecule has 0 aliphatic rings. The van der Waals surface area contributed by atoms with Crippen LogP contribution in [0.15, 0.2) is 72.9 Å². The second kappa shape index (κ2) is 53.5. The largest absolute Gasteiger partial charge is 0.371 e. The van der Waals surface area contributed by atoms with Gasteiger partial charge >= 0.3 is 0 Å². The van der Waals surface area contributed by atoms with Gasteiger partial charge in [-0.1, -0.05) is 466 Å². The molecule has 0 spiro atoms. The van der Waals surface area contributed by atoms with Crippen LogP contribution in [0.2, 0.25) is 0 Å². The Kier molecular flexibility index (Phi) is 61.8. The average Bonchev–Trinajstić information content (AvgIpc) is 0.907. The molecule has 0 aliphatic carbocycles. The summed E-state index contributed by atoms with van der Waals surface area (Å²) in [6.45, 7) is 128. The van der Waals surface area contributed by atoms with Crippen LogP contribution < -0.4 is 0 Å². The predicted molar refractivity (Wildman–Crippen MR) is 508 cm³/mol. The molecule has 0 aliphatic heterocycles. The molecule has 0 aromatic carbocycles. The molecule has 1 nitrogen and oxygen atoms in total. The average molecular weight is 1510 g/mol. The molecule has 0 heterocycles. The number of ether oxygens (including phenoxy) is 1. The van der Waals surface area contributed by atoms with E-state index in [1.807, 2.05) is 0 Å². The number of unbranched alkanes of at least 4 members (excludes halogenated alkanes) is 1. The zero-order valence-electron chi connectivity index (χ0n) is 86.3. The van der Waals surface area contributed by atoms with E-state index < -0.39 is 0 Å². The van der Waals surface area contributed by atoms with Crippen molar-refractivity contribution in [3.05, 3.63) is 72.9 Å². The van der Waals surface area contributed by atoms with Crippen molar-refractivity contribution >= 4 is 0 Å². The number of rotatable bonds is 18. The summed E-state index contributed by atoms with van der Waals surface area (Å²) in [6, 6.07) is 0. The lowest BCUT2D eigenvalue weighted by atomic mass is 9.81. The summed E-state index contributed by atoms with van der Waals surface area (Å²) in [5.74, 6) is 0. The van der Waals surface area contributed by atoms with Gasteiger partial charge in [0.25, 0.3) is 0 Å². The lowest BCUT2D eigenvalue weighted by Crippen LogP contribution is -2.27. The first kappa shape index (κ1) is 124. The highest BCUT2D eigenvalue weighted by Crippen LogP contribution is 2.33. The summed E-state index contributed by atoms with van der Waals surface area (Å²) in [4.78, 5) is 0. The first-order chi connectivity index (χ1) is 46.1. The molecular formula is C106H218O. The van der Waals surface area contributed by atoms with Crippen LogP contribution in [0.3, 0.4) is 0 Å². The molecule has 0 radical (unpaired) electrons. The van der Waals surface area contributed by atoms with Crippen LogP contribution in [-0.2, 0) is 4.74 Å². The van der Waals surface area contributed by atoms with Crippen LogP contribution in [0.25, 0.3) is 0 Å². The van der Waals surface area contributed by atoms with Crippen molar-refractivity contribution in [2.45, 2.75) is 509 Å². The van der Waals surface area contributed by atoms with Crippen molar-refractivity contribution in [2.75, 3.05) is 6.61 Å².